The van der Waals surface area contributed by atoms with E-state index in [0.717, 1.165) is 18.7 Å². The third-order valence-corrected chi connectivity index (χ3v) is 3.53. The lowest BCUT2D eigenvalue weighted by atomic mass is 9.98. The van der Waals surface area contributed by atoms with E-state index in [-0.39, 0.29) is 11.8 Å². The average molecular weight is 231 g/mol. The molecule has 0 spiro atoms. The van der Waals surface area contributed by atoms with Crippen LogP contribution >= 0.6 is 0 Å². The van der Waals surface area contributed by atoms with Gasteiger partial charge in [0.05, 0.1) is 6.04 Å². The highest BCUT2D eigenvalue weighted by molar-refractivity contribution is 5.82. The van der Waals surface area contributed by atoms with Crippen molar-refractivity contribution in [3.63, 3.8) is 0 Å². The molecule has 2 heteroatoms. The zero-order valence-corrected chi connectivity index (χ0v) is 10.8. The van der Waals surface area contributed by atoms with Gasteiger partial charge in [0.25, 0.3) is 0 Å². The van der Waals surface area contributed by atoms with E-state index in [2.05, 4.69) is 36.1 Å². The number of hydrogen-bond acceptors (Lipinski definition) is 2. The number of piperidine rings is 1. The molecule has 2 nitrogen and oxygen atoms in total. The molecule has 92 valence electrons. The van der Waals surface area contributed by atoms with Gasteiger partial charge < -0.3 is 0 Å². The standard InChI is InChI=1S/C15H21NO/c1-12-6-8-14(9-7-12)15(13(2)17)16-10-4-3-5-11-16/h6-9,15H,3-5,10-11H2,1-2H3. The second kappa shape index (κ2) is 5.46. The summed E-state index contributed by atoms with van der Waals surface area (Å²) < 4.78 is 0. The van der Waals surface area contributed by atoms with Crippen molar-refractivity contribution < 1.29 is 4.79 Å². The van der Waals surface area contributed by atoms with Gasteiger partial charge in [0, 0.05) is 0 Å². The number of carbonyl (C=O) groups is 1. The van der Waals surface area contributed by atoms with E-state index in [1.165, 1.54) is 24.8 Å². The first kappa shape index (κ1) is 12.3. The number of hydrogen-bond donors (Lipinski definition) is 0. The topological polar surface area (TPSA) is 20.3 Å². The van der Waals surface area contributed by atoms with Crippen LogP contribution in [0.4, 0.5) is 0 Å². The van der Waals surface area contributed by atoms with E-state index in [4.69, 9.17) is 0 Å². The molecule has 1 heterocycles. The molecule has 1 aliphatic rings. The zero-order valence-electron chi connectivity index (χ0n) is 10.8. The van der Waals surface area contributed by atoms with Gasteiger partial charge in [-0.05, 0) is 45.3 Å². The Hall–Kier alpha value is -1.15. The predicted molar refractivity (Wildman–Crippen MR) is 70.0 cm³/mol. The summed E-state index contributed by atoms with van der Waals surface area (Å²) in [7, 11) is 0. The number of rotatable bonds is 3. The number of nitrogens with zero attached hydrogens (tertiary/aromatic N) is 1. The molecule has 1 fully saturated rings. The minimum atomic E-state index is -0.0316. The Morgan fingerprint density at radius 2 is 1.71 bits per heavy atom. The van der Waals surface area contributed by atoms with E-state index in [9.17, 15) is 4.79 Å². The van der Waals surface area contributed by atoms with Crippen LogP contribution in [0.15, 0.2) is 24.3 Å². The van der Waals surface area contributed by atoms with E-state index < -0.39 is 0 Å². The summed E-state index contributed by atoms with van der Waals surface area (Å²) in [5, 5.41) is 0. The fourth-order valence-corrected chi connectivity index (χ4v) is 2.63. The van der Waals surface area contributed by atoms with Gasteiger partial charge in [-0.1, -0.05) is 36.2 Å². The van der Waals surface area contributed by atoms with Crippen molar-refractivity contribution in [2.75, 3.05) is 13.1 Å². The summed E-state index contributed by atoms with van der Waals surface area (Å²) in [4.78, 5) is 14.2. The molecular weight excluding hydrogens is 210 g/mol. The molecule has 1 aliphatic heterocycles. The van der Waals surface area contributed by atoms with Crippen LogP contribution in [0.2, 0.25) is 0 Å². The summed E-state index contributed by atoms with van der Waals surface area (Å²) in [6, 6.07) is 8.34. The number of likely N-dealkylation sites (tertiary alicyclic amines) is 1. The smallest absolute Gasteiger partial charge is 0.151 e. The van der Waals surface area contributed by atoms with Gasteiger partial charge in [0.15, 0.2) is 5.78 Å². The lowest BCUT2D eigenvalue weighted by Crippen LogP contribution is -2.37. The van der Waals surface area contributed by atoms with Gasteiger partial charge in [0.2, 0.25) is 0 Å². The third-order valence-electron chi connectivity index (χ3n) is 3.53. The molecule has 2 rings (SSSR count). The Labute approximate surface area is 104 Å². The average Bonchev–Trinajstić information content (AvgIpc) is 2.33. The highest BCUT2D eigenvalue weighted by atomic mass is 16.1. The van der Waals surface area contributed by atoms with Gasteiger partial charge >= 0.3 is 0 Å². The van der Waals surface area contributed by atoms with Crippen LogP contribution in [0, 0.1) is 6.92 Å². The molecule has 0 N–H and O–H groups in total. The predicted octanol–water partition coefficient (Wildman–Crippen LogP) is 3.11. The molecule has 0 saturated carbocycles. The zero-order chi connectivity index (χ0) is 12.3. The minimum Gasteiger partial charge on any atom is -0.298 e. The van der Waals surface area contributed by atoms with Crippen molar-refractivity contribution in [1.82, 2.24) is 4.90 Å². The molecule has 17 heavy (non-hydrogen) atoms. The second-order valence-corrected chi connectivity index (χ2v) is 5.02. The summed E-state index contributed by atoms with van der Waals surface area (Å²) in [5.41, 5.74) is 2.39. The lowest BCUT2D eigenvalue weighted by molar-refractivity contribution is -0.122. The summed E-state index contributed by atoms with van der Waals surface area (Å²) in [6.07, 6.45) is 3.74. The fraction of sp³-hybridized carbons (Fsp3) is 0.533. The molecule has 0 radical (unpaired) electrons. The minimum absolute atomic E-state index is 0.0316. The quantitative estimate of drug-likeness (QED) is 0.796. The maximum atomic E-state index is 11.9. The van der Waals surface area contributed by atoms with Crippen molar-refractivity contribution in [2.24, 2.45) is 0 Å². The van der Waals surface area contributed by atoms with E-state index >= 15 is 0 Å². The second-order valence-electron chi connectivity index (χ2n) is 5.02. The Morgan fingerprint density at radius 3 is 2.24 bits per heavy atom. The summed E-state index contributed by atoms with van der Waals surface area (Å²) in [5.74, 6) is 0.260. The molecule has 1 saturated heterocycles. The first-order chi connectivity index (χ1) is 8.18. The van der Waals surface area contributed by atoms with Crippen LogP contribution in [0.25, 0.3) is 0 Å². The van der Waals surface area contributed by atoms with Gasteiger partial charge in [0.1, 0.15) is 0 Å². The molecule has 0 aromatic heterocycles. The van der Waals surface area contributed by atoms with Crippen molar-refractivity contribution in [3.05, 3.63) is 35.4 Å². The molecule has 1 atom stereocenters. The van der Waals surface area contributed by atoms with Crippen LogP contribution in [-0.2, 0) is 4.79 Å². The van der Waals surface area contributed by atoms with Crippen molar-refractivity contribution >= 4 is 5.78 Å². The number of aryl methyl sites for hydroxylation is 1. The van der Waals surface area contributed by atoms with Crippen LogP contribution in [0.3, 0.4) is 0 Å². The fourth-order valence-electron chi connectivity index (χ4n) is 2.63. The van der Waals surface area contributed by atoms with E-state index in [0.29, 0.717) is 0 Å². The SMILES string of the molecule is CC(=O)C(c1ccc(C)cc1)N1CCCCC1. The molecule has 1 aromatic carbocycles. The molecule has 0 aliphatic carbocycles. The Kier molecular flexibility index (Phi) is 3.95. The maximum absolute atomic E-state index is 11.9. The first-order valence-corrected chi connectivity index (χ1v) is 6.49. The van der Waals surface area contributed by atoms with Crippen LogP contribution < -0.4 is 0 Å². The maximum Gasteiger partial charge on any atom is 0.151 e. The monoisotopic (exact) mass is 231 g/mol. The number of Topliss-reactive ketones (excluding diaryl/α,β-unsaturated/α-hetero) is 1. The molecule has 1 unspecified atom stereocenters. The number of ketones is 1. The first-order valence-electron chi connectivity index (χ1n) is 6.49. The van der Waals surface area contributed by atoms with Crippen molar-refractivity contribution in [1.29, 1.82) is 0 Å². The molecule has 0 bridgehead atoms. The Balaban J connectivity index is 2.21. The highest BCUT2D eigenvalue weighted by Crippen LogP contribution is 2.25. The van der Waals surface area contributed by atoms with Gasteiger partial charge in [-0.25, -0.2) is 0 Å². The van der Waals surface area contributed by atoms with Crippen molar-refractivity contribution in [2.45, 2.75) is 39.2 Å². The Bertz CT molecular complexity index is 376. The Morgan fingerprint density at radius 1 is 1.12 bits per heavy atom. The molecule has 0 amide bonds. The largest absolute Gasteiger partial charge is 0.298 e. The molecular formula is C15H21NO. The van der Waals surface area contributed by atoms with Gasteiger partial charge in [-0.15, -0.1) is 0 Å². The third kappa shape index (κ3) is 2.95. The highest BCUT2D eigenvalue weighted by Gasteiger charge is 2.25. The normalized spacial score (nSPS) is 18.9. The summed E-state index contributed by atoms with van der Waals surface area (Å²) >= 11 is 0. The number of benzene rings is 1. The van der Waals surface area contributed by atoms with E-state index in [1.54, 1.807) is 6.92 Å². The van der Waals surface area contributed by atoms with Crippen LogP contribution in [-0.4, -0.2) is 23.8 Å². The van der Waals surface area contributed by atoms with Crippen molar-refractivity contribution in [3.8, 4) is 0 Å². The van der Waals surface area contributed by atoms with Gasteiger partial charge in [-0.3, -0.25) is 9.69 Å². The summed E-state index contributed by atoms with van der Waals surface area (Å²) in [6.45, 7) is 5.89. The van der Waals surface area contributed by atoms with Crippen LogP contribution in [0.1, 0.15) is 43.4 Å². The van der Waals surface area contributed by atoms with Crippen LogP contribution in [0.5, 0.6) is 0 Å². The van der Waals surface area contributed by atoms with Gasteiger partial charge in [-0.2, -0.15) is 0 Å². The lowest BCUT2D eigenvalue weighted by Gasteiger charge is -2.33. The number of carbonyl (C=O) groups excluding carboxylic acids is 1. The molecule has 1 aromatic rings. The van der Waals surface area contributed by atoms with E-state index in [1.807, 2.05) is 0 Å².